The highest BCUT2D eigenvalue weighted by Crippen LogP contribution is 2.40. The van der Waals surface area contributed by atoms with Crippen molar-refractivity contribution in [3.8, 4) is 17.1 Å². The van der Waals surface area contributed by atoms with Gasteiger partial charge in [0, 0.05) is 16.5 Å². The Morgan fingerprint density at radius 1 is 1.13 bits per heavy atom. The number of aryl methyl sites for hydroxylation is 1. The molecular weight excluding hydrogens is 608 g/mol. The number of nitrogens with one attached hydrogen (secondary N) is 2. The van der Waals surface area contributed by atoms with E-state index in [2.05, 4.69) is 10.6 Å². The van der Waals surface area contributed by atoms with Crippen LogP contribution in [0.25, 0.3) is 22.3 Å². The summed E-state index contributed by atoms with van der Waals surface area (Å²) >= 11 is 0. The number of nitrogens with zero attached hydrogens (tertiary/aromatic N) is 2. The molecule has 5 rings (SSSR count). The molecule has 250 valence electrons. The number of ether oxygens (including phenoxy) is 3. The number of hydrogen-bond donors (Lipinski definition) is 3. The maximum atomic E-state index is 13.5. The van der Waals surface area contributed by atoms with Gasteiger partial charge in [-0.1, -0.05) is 13.8 Å². The van der Waals surface area contributed by atoms with Crippen LogP contribution < -0.4 is 20.9 Å². The van der Waals surface area contributed by atoms with Crippen molar-refractivity contribution in [3.63, 3.8) is 0 Å². The summed E-state index contributed by atoms with van der Waals surface area (Å²) in [6.45, 7) is 5.05. The van der Waals surface area contributed by atoms with Crippen molar-refractivity contribution in [1.29, 1.82) is 0 Å². The van der Waals surface area contributed by atoms with Crippen molar-refractivity contribution in [2.45, 2.75) is 77.7 Å². The van der Waals surface area contributed by atoms with E-state index in [-0.39, 0.29) is 47.8 Å². The number of unbranched alkanes of at least 4 members (excludes halogenated alkanes) is 1. The number of esters is 2. The Morgan fingerprint density at radius 3 is 2.62 bits per heavy atom. The summed E-state index contributed by atoms with van der Waals surface area (Å²) in [6, 6.07) is 6.08. The lowest BCUT2D eigenvalue weighted by molar-refractivity contribution is -0.172. The van der Waals surface area contributed by atoms with Gasteiger partial charge >= 0.3 is 11.9 Å². The van der Waals surface area contributed by atoms with E-state index in [4.69, 9.17) is 19.2 Å². The summed E-state index contributed by atoms with van der Waals surface area (Å²) in [5, 5.41) is 17.6. The van der Waals surface area contributed by atoms with Crippen LogP contribution in [0.4, 0.5) is 0 Å². The lowest BCUT2D eigenvalue weighted by Gasteiger charge is -2.31. The highest BCUT2D eigenvalue weighted by Gasteiger charge is 2.45. The Bertz CT molecular complexity index is 1800. The zero-order valence-electron chi connectivity index (χ0n) is 27.1. The minimum atomic E-state index is -1.91. The minimum Gasteiger partial charge on any atom is -0.458 e. The van der Waals surface area contributed by atoms with Gasteiger partial charge in [0.2, 0.25) is 5.91 Å². The van der Waals surface area contributed by atoms with E-state index in [1.807, 2.05) is 14.0 Å². The summed E-state index contributed by atoms with van der Waals surface area (Å²) in [5.41, 5.74) is 1.72. The Kier molecular flexibility index (Phi) is 10.2. The number of amides is 1. The topological polar surface area (TPSA) is 175 Å². The number of aromatic nitrogens is 2. The number of aliphatic hydroxyl groups is 1. The van der Waals surface area contributed by atoms with Crippen LogP contribution in [0.15, 0.2) is 29.1 Å². The van der Waals surface area contributed by atoms with Crippen LogP contribution in [-0.2, 0) is 53.8 Å². The molecule has 0 bridgehead atoms. The predicted molar refractivity (Wildman–Crippen MR) is 171 cm³/mol. The number of benzene rings is 1. The quantitative estimate of drug-likeness (QED) is 0.104. The number of rotatable bonds is 14. The number of hydrogen-bond acceptors (Lipinski definition) is 11. The molecule has 2 aromatic heterocycles. The molecule has 1 unspecified atom stereocenters. The van der Waals surface area contributed by atoms with Gasteiger partial charge in [0.25, 0.3) is 5.56 Å². The molecule has 47 heavy (non-hydrogen) atoms. The summed E-state index contributed by atoms with van der Waals surface area (Å²) in [4.78, 5) is 67.7. The third-order valence-corrected chi connectivity index (χ3v) is 8.81. The van der Waals surface area contributed by atoms with Gasteiger partial charge in [0.1, 0.15) is 25.6 Å². The van der Waals surface area contributed by atoms with E-state index < -0.39 is 42.7 Å². The highest BCUT2D eigenvalue weighted by molar-refractivity contribution is 5.91. The molecule has 0 aliphatic carbocycles. The van der Waals surface area contributed by atoms with E-state index in [0.29, 0.717) is 29.7 Å². The van der Waals surface area contributed by atoms with Crippen molar-refractivity contribution in [3.05, 3.63) is 56.9 Å². The Balaban J connectivity index is 1.29. The van der Waals surface area contributed by atoms with Crippen molar-refractivity contribution < 1.29 is 38.5 Å². The van der Waals surface area contributed by atoms with E-state index in [0.717, 1.165) is 35.9 Å². The van der Waals surface area contributed by atoms with Crippen LogP contribution in [0, 0.1) is 0 Å². The molecule has 4 heterocycles. The molecule has 3 N–H and O–H groups in total. The average molecular weight is 649 g/mol. The molecule has 1 aromatic carbocycles. The molecule has 0 radical (unpaired) electrons. The van der Waals surface area contributed by atoms with Crippen LogP contribution >= 0.6 is 0 Å². The maximum absolute atomic E-state index is 13.5. The van der Waals surface area contributed by atoms with E-state index in [9.17, 15) is 29.1 Å². The maximum Gasteiger partial charge on any atom is 0.343 e. The molecule has 13 heteroatoms. The SMILES string of the molecule is CCc1c2c(nc3ccc(OC(=O)COCC(=O)NC(CCCCNC)C(C)=O)cc13)-c1cc3c(c(=O)n1C2)COC(=O)[C@]3(O)CC. The number of carbonyl (C=O) groups is 4. The molecule has 0 fully saturated rings. The van der Waals surface area contributed by atoms with Crippen molar-refractivity contribution in [2.24, 2.45) is 0 Å². The highest BCUT2D eigenvalue weighted by atomic mass is 16.6. The van der Waals surface area contributed by atoms with Crippen molar-refractivity contribution in [1.82, 2.24) is 20.2 Å². The molecular formula is C34H40N4O9. The number of cyclic esters (lactones) is 1. The molecule has 0 saturated carbocycles. The first-order valence-corrected chi connectivity index (χ1v) is 15.9. The van der Waals surface area contributed by atoms with Gasteiger partial charge in [-0.25, -0.2) is 14.6 Å². The molecule has 1 amide bonds. The first kappa shape index (κ1) is 33.9. The van der Waals surface area contributed by atoms with Crippen molar-refractivity contribution >= 4 is 34.5 Å². The summed E-state index contributed by atoms with van der Waals surface area (Å²) in [5.74, 6) is -1.86. The number of carbonyl (C=O) groups excluding carboxylic acids is 4. The van der Waals surface area contributed by atoms with Gasteiger partial charge in [0.05, 0.1) is 35.1 Å². The number of ketones is 1. The van der Waals surface area contributed by atoms with E-state index >= 15 is 0 Å². The zero-order valence-corrected chi connectivity index (χ0v) is 27.1. The molecule has 2 aliphatic heterocycles. The second kappa shape index (κ2) is 14.1. The standard InChI is InChI=1S/C34H40N4O9/c1-5-21-22-13-20(47-30(41)18-45-17-29(40)36-26(19(3)39)9-7-8-12-35-4)10-11-27(22)37-31-23(21)15-38-28(31)14-25-24(32(38)42)16-46-33(43)34(25,44)6-2/h10-11,13-14,26,35,44H,5-9,12,15-18H2,1-4H3,(H,36,40)/t26?,34-/m0/s1. The van der Waals surface area contributed by atoms with Gasteiger partial charge in [-0.2, -0.15) is 0 Å². The van der Waals surface area contributed by atoms with Gasteiger partial charge in [-0.3, -0.25) is 14.4 Å². The third kappa shape index (κ3) is 6.69. The fraction of sp³-hybridized carbons (Fsp3) is 0.471. The molecule has 0 spiro atoms. The Morgan fingerprint density at radius 2 is 1.91 bits per heavy atom. The monoisotopic (exact) mass is 648 g/mol. The second-order valence-corrected chi connectivity index (χ2v) is 11.9. The fourth-order valence-corrected chi connectivity index (χ4v) is 6.26. The smallest absolute Gasteiger partial charge is 0.343 e. The summed E-state index contributed by atoms with van der Waals surface area (Å²) < 4.78 is 17.5. The average Bonchev–Trinajstić information content (AvgIpc) is 3.41. The molecule has 0 saturated heterocycles. The zero-order chi connectivity index (χ0) is 33.9. The van der Waals surface area contributed by atoms with Crippen LogP contribution in [0.5, 0.6) is 5.75 Å². The molecule has 2 atom stereocenters. The first-order valence-electron chi connectivity index (χ1n) is 15.9. The molecule has 3 aromatic rings. The summed E-state index contributed by atoms with van der Waals surface area (Å²) in [7, 11) is 1.85. The Labute approximate surface area is 271 Å². The number of Topliss-reactive ketones (excluding diaryl/α,β-unsaturated/α-hetero) is 1. The second-order valence-electron chi connectivity index (χ2n) is 11.9. The van der Waals surface area contributed by atoms with Gasteiger partial charge in [-0.05, 0) is 82.4 Å². The van der Waals surface area contributed by atoms with Gasteiger partial charge in [0.15, 0.2) is 11.4 Å². The van der Waals surface area contributed by atoms with Gasteiger partial charge in [-0.15, -0.1) is 0 Å². The lowest BCUT2D eigenvalue weighted by Crippen LogP contribution is -2.44. The first-order chi connectivity index (χ1) is 22.5. The minimum absolute atomic E-state index is 0.0530. The lowest BCUT2D eigenvalue weighted by atomic mass is 9.86. The van der Waals surface area contributed by atoms with Gasteiger partial charge < -0.3 is 34.5 Å². The van der Waals surface area contributed by atoms with Crippen molar-refractivity contribution in [2.75, 3.05) is 26.8 Å². The third-order valence-electron chi connectivity index (χ3n) is 8.81. The van der Waals surface area contributed by atoms with Crippen LogP contribution in [-0.4, -0.2) is 71.1 Å². The van der Waals surface area contributed by atoms with Crippen LogP contribution in [0.1, 0.15) is 68.7 Å². The largest absolute Gasteiger partial charge is 0.458 e. The fourth-order valence-electron chi connectivity index (χ4n) is 6.26. The van der Waals surface area contributed by atoms with Crippen LogP contribution in [0.3, 0.4) is 0 Å². The van der Waals surface area contributed by atoms with Crippen LogP contribution in [0.2, 0.25) is 0 Å². The number of pyridine rings is 2. The van der Waals surface area contributed by atoms with E-state index in [1.165, 1.54) is 6.92 Å². The predicted octanol–water partition coefficient (Wildman–Crippen LogP) is 2.03. The summed E-state index contributed by atoms with van der Waals surface area (Å²) in [6.07, 6.45) is 2.82. The molecule has 13 nitrogen and oxygen atoms in total. The normalized spacial score (nSPS) is 17.0. The number of fused-ring (bicyclic) bond motifs is 5. The van der Waals surface area contributed by atoms with E-state index in [1.54, 1.807) is 35.8 Å². The Hall–Kier alpha value is -4.46. The molecule has 2 aliphatic rings.